The Morgan fingerprint density at radius 3 is 2.52 bits per heavy atom. The number of hydrogen-bond donors (Lipinski definition) is 1. The van der Waals surface area contributed by atoms with Gasteiger partial charge in [-0.25, -0.2) is 13.1 Å². The van der Waals surface area contributed by atoms with Gasteiger partial charge in [-0.3, -0.25) is 4.79 Å². The minimum absolute atomic E-state index is 0.0184. The van der Waals surface area contributed by atoms with Crippen LogP contribution in [0.25, 0.3) is 0 Å². The van der Waals surface area contributed by atoms with E-state index in [1.165, 1.54) is 6.92 Å². The van der Waals surface area contributed by atoms with Gasteiger partial charge in [0.05, 0.1) is 4.90 Å². The van der Waals surface area contributed by atoms with E-state index in [1.807, 2.05) is 38.1 Å². The molecule has 5 nitrogen and oxygen atoms in total. The van der Waals surface area contributed by atoms with Gasteiger partial charge in [0, 0.05) is 25.2 Å². The van der Waals surface area contributed by atoms with Crippen LogP contribution < -0.4 is 9.62 Å². The molecule has 6 heteroatoms. The molecule has 2 aromatic carbocycles. The zero-order valence-corrected chi connectivity index (χ0v) is 16.8. The first-order valence-corrected chi connectivity index (χ1v) is 10.8. The minimum Gasteiger partial charge on any atom is -0.312 e. The van der Waals surface area contributed by atoms with Crippen molar-refractivity contribution in [1.29, 1.82) is 0 Å². The average molecular weight is 387 g/mol. The molecule has 0 aromatic heterocycles. The lowest BCUT2D eigenvalue weighted by molar-refractivity contribution is -0.116. The van der Waals surface area contributed by atoms with E-state index in [-0.39, 0.29) is 16.8 Å². The Balaban J connectivity index is 1.88. The summed E-state index contributed by atoms with van der Waals surface area (Å²) in [5.41, 5.74) is 3.81. The normalized spacial score (nSPS) is 15.3. The fourth-order valence-corrected chi connectivity index (χ4v) is 4.87. The van der Waals surface area contributed by atoms with Crippen molar-refractivity contribution in [2.75, 3.05) is 11.4 Å². The van der Waals surface area contributed by atoms with Gasteiger partial charge in [0.1, 0.15) is 0 Å². The van der Waals surface area contributed by atoms with E-state index in [0.717, 1.165) is 35.2 Å². The van der Waals surface area contributed by atoms with E-state index in [4.69, 9.17) is 0 Å². The van der Waals surface area contributed by atoms with Crippen LogP contribution in [-0.2, 0) is 21.2 Å². The highest BCUT2D eigenvalue weighted by molar-refractivity contribution is 7.89. The summed E-state index contributed by atoms with van der Waals surface area (Å²) in [5.74, 6) is -0.0184. The van der Waals surface area contributed by atoms with Crippen LogP contribution in [0.4, 0.5) is 5.69 Å². The molecule has 2 aromatic rings. The molecule has 0 aliphatic carbocycles. The first-order chi connectivity index (χ1) is 12.8. The molecule has 144 valence electrons. The van der Waals surface area contributed by atoms with Crippen LogP contribution in [0.5, 0.6) is 0 Å². The standard InChI is InChI=1S/C21H26N2O3S/c1-4-20(17-9-7-15(2)8-10-17)22-27(25,26)19-11-12-21-18(14-19)6-5-13-23(21)16(3)24/h7-12,14,20,22H,4-6,13H2,1-3H3/t20-/m1/s1. The monoisotopic (exact) mass is 386 g/mol. The van der Waals surface area contributed by atoms with Gasteiger partial charge >= 0.3 is 0 Å². The molecule has 3 rings (SSSR count). The summed E-state index contributed by atoms with van der Waals surface area (Å²) in [6.45, 7) is 6.18. The largest absolute Gasteiger partial charge is 0.312 e. The number of benzene rings is 2. The lowest BCUT2D eigenvalue weighted by Gasteiger charge is -2.29. The molecule has 1 amide bonds. The second-order valence-electron chi connectivity index (χ2n) is 7.06. The molecular formula is C21H26N2O3S. The number of carbonyl (C=O) groups is 1. The molecule has 0 fully saturated rings. The zero-order chi connectivity index (χ0) is 19.6. The predicted molar refractivity (Wildman–Crippen MR) is 107 cm³/mol. The summed E-state index contributed by atoms with van der Waals surface area (Å²) in [4.78, 5) is 13.8. The van der Waals surface area contributed by atoms with Gasteiger partial charge in [-0.1, -0.05) is 36.8 Å². The van der Waals surface area contributed by atoms with E-state index >= 15 is 0 Å². The van der Waals surface area contributed by atoms with Crippen molar-refractivity contribution in [3.63, 3.8) is 0 Å². The van der Waals surface area contributed by atoms with Crippen molar-refractivity contribution in [3.8, 4) is 0 Å². The summed E-state index contributed by atoms with van der Waals surface area (Å²) in [7, 11) is -3.65. The number of sulfonamides is 1. The maximum atomic E-state index is 13.0. The topological polar surface area (TPSA) is 66.5 Å². The van der Waals surface area contributed by atoms with Gasteiger partial charge in [-0.05, 0) is 55.5 Å². The maximum Gasteiger partial charge on any atom is 0.241 e. The summed E-state index contributed by atoms with van der Waals surface area (Å²) >= 11 is 0. The second kappa shape index (κ2) is 7.82. The van der Waals surface area contributed by atoms with Crippen molar-refractivity contribution in [2.45, 2.75) is 51.0 Å². The van der Waals surface area contributed by atoms with E-state index in [2.05, 4.69) is 4.72 Å². The number of nitrogens with one attached hydrogen (secondary N) is 1. The number of hydrogen-bond acceptors (Lipinski definition) is 3. The lowest BCUT2D eigenvalue weighted by Crippen LogP contribution is -2.34. The maximum absolute atomic E-state index is 13.0. The van der Waals surface area contributed by atoms with E-state index < -0.39 is 10.0 Å². The van der Waals surface area contributed by atoms with Crippen LogP contribution in [0.2, 0.25) is 0 Å². The quantitative estimate of drug-likeness (QED) is 0.852. The van der Waals surface area contributed by atoms with Crippen LogP contribution in [0, 0.1) is 6.92 Å². The Hall–Kier alpha value is -2.18. The molecular weight excluding hydrogens is 360 g/mol. The Morgan fingerprint density at radius 2 is 1.89 bits per heavy atom. The van der Waals surface area contributed by atoms with Crippen LogP contribution in [0.15, 0.2) is 47.4 Å². The second-order valence-corrected chi connectivity index (χ2v) is 8.77. The third-order valence-corrected chi connectivity index (χ3v) is 6.51. The number of carbonyl (C=O) groups excluding carboxylic acids is 1. The molecule has 0 radical (unpaired) electrons. The molecule has 0 unspecified atom stereocenters. The zero-order valence-electron chi connectivity index (χ0n) is 16.0. The van der Waals surface area contributed by atoms with Gasteiger partial charge in [-0.15, -0.1) is 0 Å². The SMILES string of the molecule is CC[C@@H](NS(=O)(=O)c1ccc2c(c1)CCCN2C(C)=O)c1ccc(C)cc1. The highest BCUT2D eigenvalue weighted by Gasteiger charge is 2.25. The first kappa shape index (κ1) is 19.6. The van der Waals surface area contributed by atoms with E-state index in [0.29, 0.717) is 13.0 Å². The highest BCUT2D eigenvalue weighted by atomic mass is 32.2. The molecule has 1 aliphatic heterocycles. The van der Waals surface area contributed by atoms with E-state index in [1.54, 1.807) is 23.1 Å². The summed E-state index contributed by atoms with van der Waals surface area (Å²) < 4.78 is 28.7. The molecule has 27 heavy (non-hydrogen) atoms. The average Bonchev–Trinajstić information content (AvgIpc) is 2.65. The first-order valence-electron chi connectivity index (χ1n) is 9.31. The van der Waals surface area contributed by atoms with Gasteiger partial charge in [-0.2, -0.15) is 0 Å². The van der Waals surface area contributed by atoms with Crippen molar-refractivity contribution < 1.29 is 13.2 Å². The summed E-state index contributed by atoms with van der Waals surface area (Å²) in [5, 5.41) is 0. The Morgan fingerprint density at radius 1 is 1.19 bits per heavy atom. The smallest absolute Gasteiger partial charge is 0.241 e. The summed E-state index contributed by atoms with van der Waals surface area (Å²) in [6, 6.07) is 12.7. The molecule has 0 saturated heterocycles. The third-order valence-electron chi connectivity index (χ3n) is 5.05. The van der Waals surface area contributed by atoms with Crippen molar-refractivity contribution in [3.05, 3.63) is 59.2 Å². The molecule has 1 aliphatic rings. The van der Waals surface area contributed by atoms with Crippen LogP contribution in [-0.4, -0.2) is 20.9 Å². The van der Waals surface area contributed by atoms with E-state index in [9.17, 15) is 13.2 Å². The fraction of sp³-hybridized carbons (Fsp3) is 0.381. The molecule has 0 spiro atoms. The van der Waals surface area contributed by atoms with Gasteiger partial charge < -0.3 is 4.90 Å². The van der Waals surface area contributed by atoms with Crippen molar-refractivity contribution in [2.24, 2.45) is 0 Å². The third kappa shape index (κ3) is 4.22. The molecule has 1 heterocycles. The van der Waals surface area contributed by atoms with Crippen molar-refractivity contribution in [1.82, 2.24) is 4.72 Å². The Kier molecular flexibility index (Phi) is 5.67. The van der Waals surface area contributed by atoms with Gasteiger partial charge in [0.15, 0.2) is 0 Å². The van der Waals surface area contributed by atoms with Crippen LogP contribution >= 0.6 is 0 Å². The predicted octanol–water partition coefficient (Wildman–Crippen LogP) is 3.72. The number of aryl methyl sites for hydroxylation is 2. The fourth-order valence-electron chi connectivity index (χ4n) is 3.51. The lowest BCUT2D eigenvalue weighted by atomic mass is 10.0. The summed E-state index contributed by atoms with van der Waals surface area (Å²) in [6.07, 6.45) is 2.27. The number of fused-ring (bicyclic) bond motifs is 1. The number of rotatable bonds is 5. The molecule has 0 saturated carbocycles. The Bertz CT molecular complexity index is 936. The Labute approximate surface area is 161 Å². The molecule has 1 atom stereocenters. The van der Waals surface area contributed by atoms with Crippen molar-refractivity contribution >= 4 is 21.6 Å². The highest BCUT2D eigenvalue weighted by Crippen LogP contribution is 2.30. The van der Waals surface area contributed by atoms with Gasteiger partial charge in [0.25, 0.3) is 0 Å². The number of nitrogens with zero attached hydrogens (tertiary/aromatic N) is 1. The number of anilines is 1. The number of amides is 1. The molecule has 1 N–H and O–H groups in total. The van der Waals surface area contributed by atoms with Gasteiger partial charge in [0.2, 0.25) is 15.9 Å². The van der Waals surface area contributed by atoms with Crippen LogP contribution in [0.1, 0.15) is 49.4 Å². The molecule has 0 bridgehead atoms. The minimum atomic E-state index is -3.65. The van der Waals surface area contributed by atoms with Crippen LogP contribution in [0.3, 0.4) is 0 Å².